The van der Waals surface area contributed by atoms with E-state index >= 15 is 0 Å². The summed E-state index contributed by atoms with van der Waals surface area (Å²) < 4.78 is 23.8. The first kappa shape index (κ1) is 12.2. The lowest BCUT2D eigenvalue weighted by atomic mass is 9.94. The summed E-state index contributed by atoms with van der Waals surface area (Å²) >= 11 is 0. The van der Waals surface area contributed by atoms with Crippen LogP contribution in [0.2, 0.25) is 0 Å². The monoisotopic (exact) mass is 226 g/mol. The molecule has 0 atom stereocenters. The second-order valence-electron chi connectivity index (χ2n) is 4.94. The fourth-order valence-electron chi connectivity index (χ4n) is 1.19. The maximum Gasteiger partial charge on any atom is 0.178 e. The number of benzene rings is 1. The van der Waals surface area contributed by atoms with Crippen LogP contribution >= 0.6 is 0 Å². The van der Waals surface area contributed by atoms with Crippen molar-refractivity contribution in [3.8, 4) is 0 Å². The van der Waals surface area contributed by atoms with Crippen molar-refractivity contribution >= 4 is 9.84 Å². The predicted octanol–water partition coefficient (Wildman–Crippen LogP) is 2.90. The lowest BCUT2D eigenvalue weighted by Gasteiger charge is -2.17. The van der Waals surface area contributed by atoms with Gasteiger partial charge in [0.25, 0.3) is 0 Å². The van der Waals surface area contributed by atoms with Gasteiger partial charge in [0.1, 0.15) is 0 Å². The number of hydrogen-bond acceptors (Lipinski definition) is 2. The first-order valence-corrected chi connectivity index (χ1v) is 6.74. The molecule has 0 aromatic heterocycles. The summed E-state index contributed by atoms with van der Waals surface area (Å²) in [4.78, 5) is 0.425. The molecule has 1 aromatic carbocycles. The molecule has 0 saturated heterocycles. The van der Waals surface area contributed by atoms with Crippen molar-refractivity contribution in [2.45, 2.75) is 32.1 Å². The maximum absolute atomic E-state index is 11.9. The van der Waals surface area contributed by atoms with Crippen molar-refractivity contribution in [1.29, 1.82) is 0 Å². The highest BCUT2D eigenvalue weighted by Gasteiger charge is 2.18. The van der Waals surface area contributed by atoms with Crippen molar-refractivity contribution in [3.05, 3.63) is 30.3 Å². The van der Waals surface area contributed by atoms with Crippen molar-refractivity contribution in [3.63, 3.8) is 0 Å². The van der Waals surface area contributed by atoms with Crippen LogP contribution in [-0.4, -0.2) is 14.2 Å². The molecule has 0 radical (unpaired) electrons. The average Bonchev–Trinajstić information content (AvgIpc) is 2.16. The first-order valence-electron chi connectivity index (χ1n) is 5.09. The van der Waals surface area contributed by atoms with E-state index in [-0.39, 0.29) is 11.2 Å². The van der Waals surface area contributed by atoms with Gasteiger partial charge in [-0.3, -0.25) is 0 Å². The minimum atomic E-state index is -3.09. The summed E-state index contributed by atoms with van der Waals surface area (Å²) in [5, 5.41) is 0. The van der Waals surface area contributed by atoms with Gasteiger partial charge in [0.2, 0.25) is 0 Å². The highest BCUT2D eigenvalue weighted by molar-refractivity contribution is 7.91. The molecule has 0 N–H and O–H groups in total. The second kappa shape index (κ2) is 4.35. The number of hydrogen-bond donors (Lipinski definition) is 0. The third-order valence-corrected chi connectivity index (χ3v) is 3.96. The molecule has 15 heavy (non-hydrogen) atoms. The minimum absolute atomic E-state index is 0.0574. The summed E-state index contributed by atoms with van der Waals surface area (Å²) in [5.74, 6) is 0.223. The Morgan fingerprint density at radius 1 is 1.07 bits per heavy atom. The highest BCUT2D eigenvalue weighted by atomic mass is 32.2. The first-order chi connectivity index (χ1) is 6.81. The zero-order chi connectivity index (χ0) is 11.5. The van der Waals surface area contributed by atoms with E-state index in [2.05, 4.69) is 0 Å². The smallest absolute Gasteiger partial charge is 0.178 e. The Morgan fingerprint density at radius 2 is 1.60 bits per heavy atom. The molecule has 0 bridgehead atoms. The van der Waals surface area contributed by atoms with E-state index in [1.54, 1.807) is 24.3 Å². The third-order valence-electron chi connectivity index (χ3n) is 2.22. The Bertz CT molecular complexity index is 399. The molecule has 0 aliphatic carbocycles. The molecular formula is C12H18O2S. The van der Waals surface area contributed by atoms with Gasteiger partial charge >= 0.3 is 0 Å². The fraction of sp³-hybridized carbons (Fsp3) is 0.500. The standard InChI is InChI=1S/C12H18O2S/c1-12(2,3)9-10-15(13,14)11-7-5-4-6-8-11/h4-8H,9-10H2,1-3H3. The molecular weight excluding hydrogens is 208 g/mol. The van der Waals surface area contributed by atoms with Gasteiger partial charge in [-0.05, 0) is 24.0 Å². The molecule has 0 fully saturated rings. The van der Waals surface area contributed by atoms with Crippen LogP contribution in [0.4, 0.5) is 0 Å². The number of rotatable bonds is 3. The van der Waals surface area contributed by atoms with E-state index in [0.29, 0.717) is 11.3 Å². The van der Waals surface area contributed by atoms with Crippen LogP contribution in [0.1, 0.15) is 27.2 Å². The van der Waals surface area contributed by atoms with Crippen LogP contribution < -0.4 is 0 Å². The van der Waals surface area contributed by atoms with Gasteiger partial charge in [-0.25, -0.2) is 8.42 Å². The maximum atomic E-state index is 11.9. The molecule has 0 saturated carbocycles. The van der Waals surface area contributed by atoms with Crippen LogP contribution in [0.3, 0.4) is 0 Å². The molecule has 3 heteroatoms. The quantitative estimate of drug-likeness (QED) is 0.794. The largest absolute Gasteiger partial charge is 0.224 e. The molecule has 0 spiro atoms. The van der Waals surface area contributed by atoms with Crippen LogP contribution in [-0.2, 0) is 9.84 Å². The minimum Gasteiger partial charge on any atom is -0.224 e. The van der Waals surface area contributed by atoms with Crippen LogP contribution in [0.5, 0.6) is 0 Å². The van der Waals surface area contributed by atoms with Crippen LogP contribution in [0, 0.1) is 5.41 Å². The van der Waals surface area contributed by atoms with Crippen molar-refractivity contribution in [1.82, 2.24) is 0 Å². The van der Waals surface area contributed by atoms with E-state index in [1.165, 1.54) is 0 Å². The van der Waals surface area contributed by atoms with Gasteiger partial charge < -0.3 is 0 Å². The van der Waals surface area contributed by atoms with Crippen molar-refractivity contribution < 1.29 is 8.42 Å². The molecule has 0 heterocycles. The summed E-state index contributed by atoms with van der Waals surface area (Å²) in [6.45, 7) is 6.15. The molecule has 1 rings (SSSR count). The fourth-order valence-corrected chi connectivity index (χ4v) is 2.87. The summed E-state index contributed by atoms with van der Waals surface area (Å²) in [7, 11) is -3.09. The summed E-state index contributed by atoms with van der Waals surface area (Å²) in [6.07, 6.45) is 0.685. The topological polar surface area (TPSA) is 34.1 Å². The Hall–Kier alpha value is -0.830. The van der Waals surface area contributed by atoms with Gasteiger partial charge in [-0.2, -0.15) is 0 Å². The Morgan fingerprint density at radius 3 is 2.07 bits per heavy atom. The molecule has 0 unspecified atom stereocenters. The van der Waals surface area contributed by atoms with Gasteiger partial charge in [0, 0.05) is 0 Å². The Kier molecular flexibility index (Phi) is 3.55. The Balaban J connectivity index is 2.78. The van der Waals surface area contributed by atoms with E-state index in [0.717, 1.165) is 0 Å². The van der Waals surface area contributed by atoms with Crippen molar-refractivity contribution in [2.24, 2.45) is 5.41 Å². The summed E-state index contributed by atoms with van der Waals surface area (Å²) in [6, 6.07) is 8.63. The van der Waals surface area contributed by atoms with Crippen molar-refractivity contribution in [2.75, 3.05) is 5.75 Å². The summed E-state index contributed by atoms with van der Waals surface area (Å²) in [5.41, 5.74) is 0.0574. The normalized spacial score (nSPS) is 12.7. The predicted molar refractivity (Wildman–Crippen MR) is 62.6 cm³/mol. The molecule has 2 nitrogen and oxygen atoms in total. The van der Waals surface area contributed by atoms with E-state index in [4.69, 9.17) is 0 Å². The van der Waals surface area contributed by atoms with Crippen LogP contribution in [0.25, 0.3) is 0 Å². The van der Waals surface area contributed by atoms with Gasteiger partial charge in [0.05, 0.1) is 10.6 Å². The Labute approximate surface area is 92.2 Å². The zero-order valence-electron chi connectivity index (χ0n) is 9.53. The SMILES string of the molecule is CC(C)(C)CCS(=O)(=O)c1ccccc1. The highest BCUT2D eigenvalue weighted by Crippen LogP contribution is 2.21. The zero-order valence-corrected chi connectivity index (χ0v) is 10.3. The molecule has 84 valence electrons. The molecule has 0 aliphatic heterocycles. The van der Waals surface area contributed by atoms with E-state index in [9.17, 15) is 8.42 Å². The van der Waals surface area contributed by atoms with E-state index in [1.807, 2.05) is 26.8 Å². The third kappa shape index (κ3) is 4.04. The molecule has 0 amide bonds. The van der Waals surface area contributed by atoms with E-state index < -0.39 is 9.84 Å². The van der Waals surface area contributed by atoms with Gasteiger partial charge in [-0.15, -0.1) is 0 Å². The molecule has 0 aliphatic rings. The van der Waals surface area contributed by atoms with Gasteiger partial charge in [0.15, 0.2) is 9.84 Å². The van der Waals surface area contributed by atoms with Gasteiger partial charge in [-0.1, -0.05) is 39.0 Å². The van der Waals surface area contributed by atoms with Crippen LogP contribution in [0.15, 0.2) is 35.2 Å². The molecule has 1 aromatic rings. The lowest BCUT2D eigenvalue weighted by molar-refractivity contribution is 0.397. The second-order valence-corrected chi connectivity index (χ2v) is 7.05. The average molecular weight is 226 g/mol. The number of sulfone groups is 1. The lowest BCUT2D eigenvalue weighted by Crippen LogP contribution is -2.14.